The van der Waals surface area contributed by atoms with Crippen LogP contribution < -0.4 is 10.6 Å². The van der Waals surface area contributed by atoms with E-state index in [1.165, 1.54) is 5.56 Å². The molecule has 0 atom stereocenters. The van der Waals surface area contributed by atoms with Crippen molar-refractivity contribution in [2.45, 2.75) is 20.0 Å². The molecule has 0 fully saturated rings. The molecule has 0 unspecified atom stereocenters. The lowest BCUT2D eigenvalue weighted by Gasteiger charge is -2.07. The molecule has 2 amide bonds. The predicted octanol–water partition coefficient (Wildman–Crippen LogP) is 2.39. The second-order valence-electron chi connectivity index (χ2n) is 4.38. The molecule has 2 aromatic rings. The van der Waals surface area contributed by atoms with Gasteiger partial charge in [0.2, 0.25) is 0 Å². The fraction of sp³-hybridized carbons (Fsp3) is 0.200. The van der Waals surface area contributed by atoms with E-state index < -0.39 is 0 Å². The van der Waals surface area contributed by atoms with Crippen molar-refractivity contribution in [3.63, 3.8) is 0 Å². The molecule has 0 saturated carbocycles. The van der Waals surface area contributed by atoms with Gasteiger partial charge in [0.25, 0.3) is 0 Å². The van der Waals surface area contributed by atoms with Crippen LogP contribution in [0.15, 0.2) is 48.8 Å². The Bertz CT molecular complexity index is 523. The van der Waals surface area contributed by atoms with Crippen LogP contribution in [0.3, 0.4) is 0 Å². The summed E-state index contributed by atoms with van der Waals surface area (Å²) in [5.41, 5.74) is 3.28. The molecule has 0 spiro atoms. The second-order valence-corrected chi connectivity index (χ2v) is 4.38. The Labute approximate surface area is 112 Å². The number of urea groups is 1. The van der Waals surface area contributed by atoms with Crippen LogP contribution in [0.4, 0.5) is 4.79 Å². The van der Waals surface area contributed by atoms with Gasteiger partial charge in [-0.05, 0) is 24.1 Å². The number of pyridine rings is 1. The maximum atomic E-state index is 11.6. The minimum absolute atomic E-state index is 0.176. The standard InChI is InChI=1S/C15H17N3O/c1-12-4-6-13(7-5-12)10-17-15(19)18-11-14-3-2-8-16-9-14/h2-9H,10-11H2,1H3,(H2,17,18,19). The molecular formula is C15H17N3O. The average Bonchev–Trinajstić information content (AvgIpc) is 2.45. The largest absolute Gasteiger partial charge is 0.334 e. The van der Waals surface area contributed by atoms with E-state index in [0.29, 0.717) is 13.1 Å². The normalized spacial score (nSPS) is 9.95. The average molecular weight is 255 g/mol. The molecule has 1 aromatic carbocycles. The SMILES string of the molecule is Cc1ccc(CNC(=O)NCc2cccnc2)cc1. The van der Waals surface area contributed by atoms with Crippen LogP contribution in [-0.2, 0) is 13.1 Å². The van der Waals surface area contributed by atoms with E-state index in [1.807, 2.05) is 43.3 Å². The zero-order valence-corrected chi connectivity index (χ0v) is 10.9. The van der Waals surface area contributed by atoms with Crippen molar-refractivity contribution in [1.82, 2.24) is 15.6 Å². The highest BCUT2D eigenvalue weighted by Gasteiger charge is 2.00. The number of aryl methyl sites for hydroxylation is 1. The number of nitrogens with one attached hydrogen (secondary N) is 2. The number of benzene rings is 1. The molecule has 98 valence electrons. The quantitative estimate of drug-likeness (QED) is 0.881. The third kappa shape index (κ3) is 4.43. The van der Waals surface area contributed by atoms with Gasteiger partial charge in [0, 0.05) is 25.5 Å². The minimum Gasteiger partial charge on any atom is -0.334 e. The van der Waals surface area contributed by atoms with Crippen molar-refractivity contribution in [3.8, 4) is 0 Å². The van der Waals surface area contributed by atoms with Crippen molar-refractivity contribution < 1.29 is 4.79 Å². The summed E-state index contributed by atoms with van der Waals surface area (Å²) >= 11 is 0. The molecule has 0 aliphatic carbocycles. The molecule has 0 aliphatic rings. The topological polar surface area (TPSA) is 54.0 Å². The molecule has 4 heteroatoms. The van der Waals surface area contributed by atoms with Crippen LogP contribution in [0.1, 0.15) is 16.7 Å². The summed E-state index contributed by atoms with van der Waals surface area (Å²) in [6.07, 6.45) is 3.45. The van der Waals surface area contributed by atoms with Gasteiger partial charge >= 0.3 is 6.03 Å². The summed E-state index contributed by atoms with van der Waals surface area (Å²) in [5.74, 6) is 0. The van der Waals surface area contributed by atoms with Gasteiger partial charge in [-0.15, -0.1) is 0 Å². The summed E-state index contributed by atoms with van der Waals surface area (Å²) in [6, 6.07) is 11.7. The highest BCUT2D eigenvalue weighted by molar-refractivity contribution is 5.73. The molecule has 0 saturated heterocycles. The van der Waals surface area contributed by atoms with Crippen molar-refractivity contribution in [1.29, 1.82) is 0 Å². The lowest BCUT2D eigenvalue weighted by molar-refractivity contribution is 0.240. The maximum absolute atomic E-state index is 11.6. The molecule has 0 aliphatic heterocycles. The summed E-state index contributed by atoms with van der Waals surface area (Å²) in [7, 11) is 0. The number of amides is 2. The van der Waals surface area contributed by atoms with Crippen LogP contribution in [0.2, 0.25) is 0 Å². The lowest BCUT2D eigenvalue weighted by Crippen LogP contribution is -2.34. The smallest absolute Gasteiger partial charge is 0.315 e. The fourth-order valence-electron chi connectivity index (χ4n) is 1.64. The fourth-order valence-corrected chi connectivity index (χ4v) is 1.64. The second kappa shape index (κ2) is 6.54. The van der Waals surface area contributed by atoms with E-state index in [2.05, 4.69) is 15.6 Å². The van der Waals surface area contributed by atoms with Crippen molar-refractivity contribution in [2.75, 3.05) is 0 Å². The lowest BCUT2D eigenvalue weighted by atomic mass is 10.1. The summed E-state index contributed by atoms with van der Waals surface area (Å²) < 4.78 is 0. The third-order valence-electron chi connectivity index (χ3n) is 2.75. The molecule has 0 bridgehead atoms. The van der Waals surface area contributed by atoms with Crippen molar-refractivity contribution >= 4 is 6.03 Å². The maximum Gasteiger partial charge on any atom is 0.315 e. The molecule has 0 radical (unpaired) electrons. The number of aromatic nitrogens is 1. The number of hydrogen-bond donors (Lipinski definition) is 2. The van der Waals surface area contributed by atoms with E-state index >= 15 is 0 Å². The van der Waals surface area contributed by atoms with Gasteiger partial charge in [-0.25, -0.2) is 4.79 Å². The van der Waals surface area contributed by atoms with E-state index in [0.717, 1.165) is 11.1 Å². The summed E-state index contributed by atoms with van der Waals surface area (Å²) in [6.45, 7) is 3.05. The van der Waals surface area contributed by atoms with Crippen LogP contribution in [0, 0.1) is 6.92 Å². The van der Waals surface area contributed by atoms with E-state index in [4.69, 9.17) is 0 Å². The monoisotopic (exact) mass is 255 g/mol. The van der Waals surface area contributed by atoms with Gasteiger partial charge in [0.05, 0.1) is 0 Å². The zero-order valence-electron chi connectivity index (χ0n) is 10.9. The first-order valence-electron chi connectivity index (χ1n) is 6.20. The Balaban J connectivity index is 1.74. The first kappa shape index (κ1) is 13.1. The number of carbonyl (C=O) groups is 1. The Morgan fingerprint density at radius 3 is 2.37 bits per heavy atom. The Kier molecular flexibility index (Phi) is 4.50. The first-order valence-corrected chi connectivity index (χ1v) is 6.20. The van der Waals surface area contributed by atoms with Gasteiger partial charge in [-0.1, -0.05) is 35.9 Å². The molecule has 2 rings (SSSR count). The van der Waals surface area contributed by atoms with Gasteiger partial charge < -0.3 is 10.6 Å². The zero-order chi connectivity index (χ0) is 13.5. The van der Waals surface area contributed by atoms with Gasteiger partial charge in [0.15, 0.2) is 0 Å². The van der Waals surface area contributed by atoms with Gasteiger partial charge in [-0.2, -0.15) is 0 Å². The van der Waals surface area contributed by atoms with Gasteiger partial charge in [-0.3, -0.25) is 4.98 Å². The van der Waals surface area contributed by atoms with E-state index in [9.17, 15) is 4.79 Å². The Morgan fingerprint density at radius 2 is 1.74 bits per heavy atom. The molecule has 4 nitrogen and oxygen atoms in total. The molecule has 1 aromatic heterocycles. The number of nitrogens with zero attached hydrogens (tertiary/aromatic N) is 1. The van der Waals surface area contributed by atoms with Crippen LogP contribution >= 0.6 is 0 Å². The van der Waals surface area contributed by atoms with Crippen molar-refractivity contribution in [2.24, 2.45) is 0 Å². The van der Waals surface area contributed by atoms with Crippen LogP contribution in [0.25, 0.3) is 0 Å². The highest BCUT2D eigenvalue weighted by atomic mass is 16.2. The number of carbonyl (C=O) groups excluding carboxylic acids is 1. The Morgan fingerprint density at radius 1 is 1.05 bits per heavy atom. The van der Waals surface area contributed by atoms with Crippen molar-refractivity contribution in [3.05, 3.63) is 65.5 Å². The molecule has 19 heavy (non-hydrogen) atoms. The highest BCUT2D eigenvalue weighted by Crippen LogP contribution is 2.02. The van der Waals surface area contributed by atoms with Gasteiger partial charge in [0.1, 0.15) is 0 Å². The van der Waals surface area contributed by atoms with Crippen LogP contribution in [0.5, 0.6) is 0 Å². The predicted molar refractivity (Wildman–Crippen MR) is 74.5 cm³/mol. The summed E-state index contributed by atoms with van der Waals surface area (Å²) in [4.78, 5) is 15.6. The number of hydrogen-bond acceptors (Lipinski definition) is 2. The molecule has 2 N–H and O–H groups in total. The number of rotatable bonds is 4. The summed E-state index contributed by atoms with van der Waals surface area (Å²) in [5, 5.41) is 5.61. The first-order chi connectivity index (χ1) is 9.24. The Hall–Kier alpha value is -2.36. The van der Waals surface area contributed by atoms with E-state index in [-0.39, 0.29) is 6.03 Å². The van der Waals surface area contributed by atoms with Crippen LogP contribution in [-0.4, -0.2) is 11.0 Å². The molecular weight excluding hydrogens is 238 g/mol. The van der Waals surface area contributed by atoms with E-state index in [1.54, 1.807) is 12.4 Å². The minimum atomic E-state index is -0.176. The molecule has 1 heterocycles. The third-order valence-corrected chi connectivity index (χ3v) is 2.75.